The molecule has 0 spiro atoms. The number of nitrogens with zero attached hydrogens (tertiary/aromatic N) is 3. The highest BCUT2D eigenvalue weighted by molar-refractivity contribution is 6.32. The summed E-state index contributed by atoms with van der Waals surface area (Å²) in [6, 6.07) is 8.04. The molecule has 7 nitrogen and oxygen atoms in total. The standard InChI is InChI=1S/C13H11ClN4O3/c1-21-12-4-2-9(6-11(12)14)7-16-17-13-5-3-10(8-15-13)18(19)20/h2-8H,1H3,(H,15,17)/b16-7+. The van der Waals surface area contributed by atoms with Crippen molar-refractivity contribution in [3.05, 3.63) is 57.2 Å². The normalized spacial score (nSPS) is 10.6. The first-order valence-electron chi connectivity index (χ1n) is 5.83. The van der Waals surface area contributed by atoms with E-state index in [1.807, 2.05) is 0 Å². The molecule has 1 heterocycles. The first-order valence-corrected chi connectivity index (χ1v) is 6.21. The van der Waals surface area contributed by atoms with Crippen LogP contribution in [0.2, 0.25) is 5.02 Å². The molecule has 1 aromatic carbocycles. The maximum Gasteiger partial charge on any atom is 0.287 e. The van der Waals surface area contributed by atoms with Crippen LogP contribution >= 0.6 is 11.6 Å². The maximum atomic E-state index is 10.5. The van der Waals surface area contributed by atoms with Crippen LogP contribution in [-0.2, 0) is 0 Å². The average molecular weight is 307 g/mol. The maximum absolute atomic E-state index is 10.5. The Balaban J connectivity index is 2.01. The molecular weight excluding hydrogens is 296 g/mol. The second-order valence-corrected chi connectivity index (χ2v) is 4.33. The van der Waals surface area contributed by atoms with Gasteiger partial charge in [-0.25, -0.2) is 4.98 Å². The molecule has 21 heavy (non-hydrogen) atoms. The third kappa shape index (κ3) is 3.90. The molecule has 1 aromatic heterocycles. The van der Waals surface area contributed by atoms with E-state index in [0.717, 1.165) is 11.8 Å². The molecule has 0 amide bonds. The second-order valence-electron chi connectivity index (χ2n) is 3.92. The summed E-state index contributed by atoms with van der Waals surface area (Å²) < 4.78 is 5.05. The molecule has 0 saturated heterocycles. The van der Waals surface area contributed by atoms with Crippen molar-refractivity contribution in [3.63, 3.8) is 0 Å². The molecule has 0 unspecified atom stereocenters. The number of benzene rings is 1. The fourth-order valence-corrected chi connectivity index (χ4v) is 1.76. The van der Waals surface area contributed by atoms with Crippen molar-refractivity contribution in [3.8, 4) is 5.75 Å². The van der Waals surface area contributed by atoms with E-state index in [-0.39, 0.29) is 5.69 Å². The zero-order chi connectivity index (χ0) is 15.2. The van der Waals surface area contributed by atoms with Gasteiger partial charge in [-0.3, -0.25) is 15.5 Å². The number of pyridine rings is 1. The van der Waals surface area contributed by atoms with Crippen LogP contribution in [0.25, 0.3) is 0 Å². The number of hydrazone groups is 1. The van der Waals surface area contributed by atoms with Crippen LogP contribution in [0.3, 0.4) is 0 Å². The summed E-state index contributed by atoms with van der Waals surface area (Å²) in [5.41, 5.74) is 3.36. The lowest BCUT2D eigenvalue weighted by molar-refractivity contribution is -0.385. The van der Waals surface area contributed by atoms with Gasteiger partial charge in [0.1, 0.15) is 17.8 Å². The van der Waals surface area contributed by atoms with Gasteiger partial charge in [0, 0.05) is 6.07 Å². The first kappa shape index (κ1) is 14.7. The summed E-state index contributed by atoms with van der Waals surface area (Å²) in [6.45, 7) is 0. The number of nitrogens with one attached hydrogen (secondary N) is 1. The minimum absolute atomic E-state index is 0.0773. The molecule has 2 aromatic rings. The van der Waals surface area contributed by atoms with Gasteiger partial charge in [0.2, 0.25) is 0 Å². The van der Waals surface area contributed by atoms with Crippen LogP contribution in [0.4, 0.5) is 11.5 Å². The van der Waals surface area contributed by atoms with Crippen molar-refractivity contribution >= 4 is 29.3 Å². The van der Waals surface area contributed by atoms with Crippen molar-refractivity contribution in [1.29, 1.82) is 0 Å². The van der Waals surface area contributed by atoms with Gasteiger partial charge in [-0.2, -0.15) is 5.10 Å². The highest BCUT2D eigenvalue weighted by atomic mass is 35.5. The highest BCUT2D eigenvalue weighted by Crippen LogP contribution is 2.24. The third-order valence-corrected chi connectivity index (χ3v) is 2.82. The lowest BCUT2D eigenvalue weighted by atomic mass is 10.2. The van der Waals surface area contributed by atoms with Gasteiger partial charge in [0.15, 0.2) is 0 Å². The van der Waals surface area contributed by atoms with E-state index in [0.29, 0.717) is 16.6 Å². The summed E-state index contributed by atoms with van der Waals surface area (Å²) in [6.07, 6.45) is 2.70. The quantitative estimate of drug-likeness (QED) is 0.521. The van der Waals surface area contributed by atoms with Gasteiger partial charge in [-0.1, -0.05) is 11.6 Å². The topological polar surface area (TPSA) is 89.6 Å². The van der Waals surface area contributed by atoms with Crippen molar-refractivity contribution in [1.82, 2.24) is 4.98 Å². The molecule has 0 aliphatic heterocycles. The molecule has 2 rings (SSSR count). The van der Waals surface area contributed by atoms with Crippen LogP contribution in [0.5, 0.6) is 5.75 Å². The van der Waals surface area contributed by atoms with E-state index in [9.17, 15) is 10.1 Å². The zero-order valence-electron chi connectivity index (χ0n) is 11.0. The van der Waals surface area contributed by atoms with Crippen LogP contribution < -0.4 is 10.2 Å². The summed E-state index contributed by atoms with van der Waals surface area (Å²) >= 11 is 5.99. The number of ether oxygens (including phenoxy) is 1. The molecule has 0 radical (unpaired) electrons. The van der Waals surface area contributed by atoms with Crippen LogP contribution in [0.15, 0.2) is 41.6 Å². The van der Waals surface area contributed by atoms with Gasteiger partial charge in [0.25, 0.3) is 5.69 Å². The molecular formula is C13H11ClN4O3. The smallest absolute Gasteiger partial charge is 0.287 e. The number of hydrogen-bond acceptors (Lipinski definition) is 6. The fraction of sp³-hybridized carbons (Fsp3) is 0.0769. The summed E-state index contributed by atoms with van der Waals surface area (Å²) in [4.78, 5) is 13.8. The van der Waals surface area contributed by atoms with Gasteiger partial charge in [0.05, 0.1) is 23.3 Å². The summed E-state index contributed by atoms with van der Waals surface area (Å²) in [5, 5.41) is 14.9. The summed E-state index contributed by atoms with van der Waals surface area (Å²) in [7, 11) is 1.54. The Labute approximate surface area is 125 Å². The van der Waals surface area contributed by atoms with Gasteiger partial charge in [-0.05, 0) is 29.8 Å². The minimum atomic E-state index is -0.514. The molecule has 0 atom stereocenters. The molecule has 0 aliphatic carbocycles. The Bertz CT molecular complexity index is 674. The van der Waals surface area contributed by atoms with Crippen LogP contribution in [0.1, 0.15) is 5.56 Å². The number of halogens is 1. The molecule has 0 saturated carbocycles. The predicted octanol–water partition coefficient (Wildman–Crippen LogP) is 3.10. The van der Waals surface area contributed by atoms with Gasteiger partial charge in [-0.15, -0.1) is 0 Å². The van der Waals surface area contributed by atoms with Crippen LogP contribution in [-0.4, -0.2) is 23.2 Å². The van der Waals surface area contributed by atoms with E-state index < -0.39 is 4.92 Å². The number of anilines is 1. The molecule has 8 heteroatoms. The van der Waals surface area contributed by atoms with E-state index in [4.69, 9.17) is 16.3 Å². The first-order chi connectivity index (χ1) is 10.1. The van der Waals surface area contributed by atoms with Crippen molar-refractivity contribution in [2.24, 2.45) is 5.10 Å². The fourth-order valence-electron chi connectivity index (χ4n) is 1.50. The van der Waals surface area contributed by atoms with Crippen molar-refractivity contribution < 1.29 is 9.66 Å². The van der Waals surface area contributed by atoms with Crippen LogP contribution in [0, 0.1) is 10.1 Å². The SMILES string of the molecule is COc1ccc(/C=N/Nc2ccc([N+](=O)[O-])cn2)cc1Cl. The highest BCUT2D eigenvalue weighted by Gasteiger charge is 2.04. The molecule has 1 N–H and O–H groups in total. The minimum Gasteiger partial charge on any atom is -0.495 e. The lowest BCUT2D eigenvalue weighted by Crippen LogP contribution is -1.95. The molecule has 0 bridgehead atoms. The Morgan fingerprint density at radius 1 is 1.43 bits per heavy atom. The molecule has 0 fully saturated rings. The Morgan fingerprint density at radius 3 is 2.81 bits per heavy atom. The van der Waals surface area contributed by atoms with Gasteiger partial charge < -0.3 is 4.74 Å². The van der Waals surface area contributed by atoms with Gasteiger partial charge >= 0.3 is 0 Å². The number of rotatable bonds is 5. The third-order valence-electron chi connectivity index (χ3n) is 2.53. The largest absolute Gasteiger partial charge is 0.495 e. The van der Waals surface area contributed by atoms with Crippen molar-refractivity contribution in [2.75, 3.05) is 12.5 Å². The van der Waals surface area contributed by atoms with Crippen molar-refractivity contribution in [2.45, 2.75) is 0 Å². The number of hydrogen-bond donors (Lipinski definition) is 1. The Kier molecular flexibility index (Phi) is 4.68. The number of aromatic nitrogens is 1. The lowest BCUT2D eigenvalue weighted by Gasteiger charge is -2.03. The Morgan fingerprint density at radius 2 is 2.24 bits per heavy atom. The summed E-state index contributed by atoms with van der Waals surface area (Å²) in [5.74, 6) is 0.982. The zero-order valence-corrected chi connectivity index (χ0v) is 11.7. The monoisotopic (exact) mass is 306 g/mol. The van der Waals surface area contributed by atoms with E-state index in [2.05, 4.69) is 15.5 Å². The van der Waals surface area contributed by atoms with E-state index in [1.165, 1.54) is 19.2 Å². The molecule has 108 valence electrons. The molecule has 0 aliphatic rings. The average Bonchev–Trinajstić information content (AvgIpc) is 2.48. The van der Waals surface area contributed by atoms with E-state index >= 15 is 0 Å². The Hall–Kier alpha value is -2.67. The number of nitro groups is 1. The van der Waals surface area contributed by atoms with E-state index in [1.54, 1.807) is 24.4 Å². The predicted molar refractivity (Wildman–Crippen MR) is 80.1 cm³/mol. The second kappa shape index (κ2) is 6.67. The number of methoxy groups -OCH3 is 1.